The molecule has 3 aromatic carbocycles. The molecule has 0 saturated heterocycles. The van der Waals surface area contributed by atoms with Crippen molar-refractivity contribution >= 4 is 39.9 Å². The van der Waals surface area contributed by atoms with Gasteiger partial charge >= 0.3 is 0 Å². The predicted octanol–water partition coefficient (Wildman–Crippen LogP) is 5.09. The van der Waals surface area contributed by atoms with Crippen LogP contribution in [0, 0.1) is 0 Å². The van der Waals surface area contributed by atoms with Crippen molar-refractivity contribution in [1.29, 1.82) is 0 Å². The van der Waals surface area contributed by atoms with E-state index in [1.807, 2.05) is 30.3 Å². The quantitative estimate of drug-likeness (QED) is 0.446. The fourth-order valence-corrected chi connectivity index (χ4v) is 4.17. The van der Waals surface area contributed by atoms with Crippen LogP contribution in [-0.2, 0) is 16.9 Å². The van der Waals surface area contributed by atoms with E-state index in [-0.39, 0.29) is 12.3 Å². The third-order valence-electron chi connectivity index (χ3n) is 5.61. The number of furan rings is 1. The van der Waals surface area contributed by atoms with Gasteiger partial charge in [0.1, 0.15) is 5.58 Å². The molecule has 1 aromatic heterocycles. The maximum atomic E-state index is 13.4. The number of carbonyl (C=O) groups is 2. The standard InChI is InChI=1S/C25H18ClNO4/c26-18-11-9-16(10-12-18)15-27-20-7-3-2-6-19(20)25(30,24(27)29)14-21(28)23-13-17-5-1-4-8-22(17)31-23/h1-13,30H,14-15H2. The van der Waals surface area contributed by atoms with Crippen molar-refractivity contribution in [2.75, 3.05) is 4.90 Å². The smallest absolute Gasteiger partial charge is 0.264 e. The van der Waals surface area contributed by atoms with Gasteiger partial charge in [-0.05, 0) is 35.9 Å². The lowest BCUT2D eigenvalue weighted by atomic mass is 9.89. The van der Waals surface area contributed by atoms with Gasteiger partial charge in [-0.1, -0.05) is 60.1 Å². The van der Waals surface area contributed by atoms with Crippen molar-refractivity contribution in [1.82, 2.24) is 0 Å². The molecule has 0 spiro atoms. The molecule has 0 fully saturated rings. The highest BCUT2D eigenvalue weighted by Crippen LogP contribution is 2.43. The van der Waals surface area contributed by atoms with E-state index in [2.05, 4.69) is 0 Å². The first-order valence-corrected chi connectivity index (χ1v) is 10.2. The van der Waals surface area contributed by atoms with E-state index in [0.717, 1.165) is 10.9 Å². The highest BCUT2D eigenvalue weighted by molar-refractivity contribution is 6.30. The second kappa shape index (κ2) is 7.38. The number of para-hydroxylation sites is 2. The molecule has 0 bridgehead atoms. The molecule has 1 amide bonds. The van der Waals surface area contributed by atoms with Crippen molar-refractivity contribution in [3.8, 4) is 0 Å². The molecule has 1 N–H and O–H groups in total. The fourth-order valence-electron chi connectivity index (χ4n) is 4.05. The zero-order valence-electron chi connectivity index (χ0n) is 16.4. The average Bonchev–Trinajstić information content (AvgIpc) is 3.30. The zero-order valence-corrected chi connectivity index (χ0v) is 17.2. The fraction of sp³-hybridized carbons (Fsp3) is 0.120. The molecule has 5 nitrogen and oxygen atoms in total. The van der Waals surface area contributed by atoms with E-state index in [1.165, 1.54) is 4.90 Å². The van der Waals surface area contributed by atoms with E-state index in [9.17, 15) is 14.7 Å². The minimum atomic E-state index is -1.96. The highest BCUT2D eigenvalue weighted by Gasteiger charge is 2.51. The normalized spacial score (nSPS) is 17.9. The summed E-state index contributed by atoms with van der Waals surface area (Å²) in [6.07, 6.45) is -0.403. The van der Waals surface area contributed by atoms with E-state index >= 15 is 0 Å². The molecule has 0 aliphatic carbocycles. The summed E-state index contributed by atoms with van der Waals surface area (Å²) < 4.78 is 5.64. The number of carbonyl (C=O) groups excluding carboxylic acids is 2. The van der Waals surface area contributed by atoms with E-state index in [1.54, 1.807) is 48.5 Å². The van der Waals surface area contributed by atoms with Crippen molar-refractivity contribution in [3.05, 3.63) is 101 Å². The van der Waals surface area contributed by atoms with E-state index in [4.69, 9.17) is 16.0 Å². The Balaban J connectivity index is 1.48. The molecule has 1 aliphatic rings. The number of Topliss-reactive ketones (excluding diaryl/α,β-unsaturated/α-hetero) is 1. The molecule has 4 aromatic rings. The molecule has 5 rings (SSSR count). The lowest BCUT2D eigenvalue weighted by Crippen LogP contribution is -2.41. The Morgan fingerprint density at radius 1 is 1.00 bits per heavy atom. The summed E-state index contributed by atoms with van der Waals surface area (Å²) in [6.45, 7) is 0.258. The number of rotatable bonds is 5. The number of fused-ring (bicyclic) bond motifs is 2. The zero-order chi connectivity index (χ0) is 21.6. The molecule has 154 valence electrons. The molecule has 31 heavy (non-hydrogen) atoms. The molecular weight excluding hydrogens is 414 g/mol. The highest BCUT2D eigenvalue weighted by atomic mass is 35.5. The summed E-state index contributed by atoms with van der Waals surface area (Å²) in [5, 5.41) is 12.8. The molecule has 6 heteroatoms. The second-order valence-corrected chi connectivity index (χ2v) is 8.08. The Morgan fingerprint density at radius 2 is 1.71 bits per heavy atom. The van der Waals surface area contributed by atoms with Gasteiger partial charge in [-0.2, -0.15) is 0 Å². The number of nitrogens with zero attached hydrogens (tertiary/aromatic N) is 1. The average molecular weight is 432 g/mol. The van der Waals surface area contributed by atoms with Gasteiger partial charge in [0.15, 0.2) is 11.4 Å². The Hall–Kier alpha value is -3.41. The van der Waals surface area contributed by atoms with Gasteiger partial charge in [-0.25, -0.2) is 0 Å². The Bertz CT molecular complexity index is 1280. The third kappa shape index (κ3) is 3.32. The Kier molecular flexibility index (Phi) is 4.65. The first kappa shape index (κ1) is 19.5. The Morgan fingerprint density at radius 3 is 2.48 bits per heavy atom. The number of benzene rings is 3. The summed E-state index contributed by atoms with van der Waals surface area (Å²) in [5.74, 6) is -0.848. The van der Waals surface area contributed by atoms with Gasteiger partial charge in [0.2, 0.25) is 5.78 Å². The Labute approximate surface area is 183 Å². The van der Waals surface area contributed by atoms with Crippen molar-refractivity contribution in [2.45, 2.75) is 18.6 Å². The SMILES string of the molecule is O=C(CC1(O)C(=O)N(Cc2ccc(Cl)cc2)c2ccccc21)c1cc2ccccc2o1. The number of aliphatic hydroxyl groups is 1. The van der Waals surface area contributed by atoms with Crippen LogP contribution in [0.15, 0.2) is 83.3 Å². The van der Waals surface area contributed by atoms with E-state index < -0.39 is 23.7 Å². The molecular formula is C25H18ClNO4. The summed E-state index contributed by atoms with van der Waals surface area (Å²) in [5.41, 5.74) is 0.487. The molecule has 1 atom stereocenters. The van der Waals surface area contributed by atoms with Crippen LogP contribution in [0.1, 0.15) is 28.1 Å². The third-order valence-corrected chi connectivity index (χ3v) is 5.86. The van der Waals surface area contributed by atoms with Gasteiger partial charge < -0.3 is 14.4 Å². The number of hydrogen-bond donors (Lipinski definition) is 1. The van der Waals surface area contributed by atoms with E-state index in [0.29, 0.717) is 21.9 Å². The van der Waals surface area contributed by atoms with Gasteiger partial charge in [0, 0.05) is 16.0 Å². The lowest BCUT2D eigenvalue weighted by Gasteiger charge is -2.22. The second-order valence-electron chi connectivity index (χ2n) is 7.64. The summed E-state index contributed by atoms with van der Waals surface area (Å²) >= 11 is 5.96. The molecule has 2 heterocycles. The van der Waals surface area contributed by atoms with Crippen LogP contribution in [0.3, 0.4) is 0 Å². The summed E-state index contributed by atoms with van der Waals surface area (Å²) in [7, 11) is 0. The number of ketones is 1. The monoisotopic (exact) mass is 431 g/mol. The largest absolute Gasteiger partial charge is 0.453 e. The maximum absolute atomic E-state index is 13.4. The number of amides is 1. The molecule has 1 aliphatic heterocycles. The maximum Gasteiger partial charge on any atom is 0.264 e. The first-order valence-electron chi connectivity index (χ1n) is 9.86. The minimum Gasteiger partial charge on any atom is -0.453 e. The molecule has 0 radical (unpaired) electrons. The van der Waals surface area contributed by atoms with Crippen molar-refractivity contribution in [3.63, 3.8) is 0 Å². The van der Waals surface area contributed by atoms with Crippen LogP contribution in [-0.4, -0.2) is 16.8 Å². The number of hydrogen-bond acceptors (Lipinski definition) is 4. The first-order chi connectivity index (χ1) is 15.0. The van der Waals surface area contributed by atoms with Gasteiger partial charge in [-0.3, -0.25) is 9.59 Å². The topological polar surface area (TPSA) is 70.8 Å². The number of anilines is 1. The molecule has 0 saturated carbocycles. The predicted molar refractivity (Wildman–Crippen MR) is 118 cm³/mol. The lowest BCUT2D eigenvalue weighted by molar-refractivity contribution is -0.136. The van der Waals surface area contributed by atoms with Crippen molar-refractivity contribution < 1.29 is 19.1 Å². The number of halogens is 1. The van der Waals surface area contributed by atoms with Crippen LogP contribution in [0.5, 0.6) is 0 Å². The van der Waals surface area contributed by atoms with Crippen LogP contribution in [0.4, 0.5) is 5.69 Å². The summed E-state index contributed by atoms with van der Waals surface area (Å²) in [4.78, 5) is 27.9. The van der Waals surface area contributed by atoms with Gasteiger partial charge in [-0.15, -0.1) is 0 Å². The van der Waals surface area contributed by atoms with Crippen LogP contribution in [0.25, 0.3) is 11.0 Å². The van der Waals surface area contributed by atoms with Crippen LogP contribution in [0.2, 0.25) is 5.02 Å². The van der Waals surface area contributed by atoms with Gasteiger partial charge in [0.25, 0.3) is 5.91 Å². The van der Waals surface area contributed by atoms with Gasteiger partial charge in [0.05, 0.1) is 18.7 Å². The molecule has 1 unspecified atom stereocenters. The minimum absolute atomic E-state index is 0.121. The van der Waals surface area contributed by atoms with Crippen LogP contribution >= 0.6 is 11.6 Å². The summed E-state index contributed by atoms with van der Waals surface area (Å²) in [6, 6.07) is 23.1. The van der Waals surface area contributed by atoms with Crippen molar-refractivity contribution in [2.24, 2.45) is 0 Å². The van der Waals surface area contributed by atoms with Crippen LogP contribution < -0.4 is 4.90 Å².